The van der Waals surface area contributed by atoms with E-state index in [2.05, 4.69) is 0 Å². The van der Waals surface area contributed by atoms with Crippen molar-refractivity contribution in [3.8, 4) is 0 Å². The minimum atomic E-state index is -4.19. The summed E-state index contributed by atoms with van der Waals surface area (Å²) in [4.78, 5) is 49.2. The van der Waals surface area contributed by atoms with Gasteiger partial charge in [-0.2, -0.15) is 4.31 Å². The van der Waals surface area contributed by atoms with Gasteiger partial charge in [0.1, 0.15) is 17.4 Å². The Kier molecular flexibility index (Phi) is 6.79. The number of sulfonamides is 1. The van der Waals surface area contributed by atoms with Gasteiger partial charge in [-0.05, 0) is 24.3 Å². The molecule has 12 nitrogen and oxygen atoms in total. The Morgan fingerprint density at radius 2 is 1.79 bits per heavy atom. The van der Waals surface area contributed by atoms with Gasteiger partial charge in [0.25, 0.3) is 5.56 Å². The molecule has 0 aliphatic carbocycles. The lowest BCUT2D eigenvalue weighted by molar-refractivity contribution is -0.146. The fourth-order valence-corrected chi connectivity index (χ4v) is 5.19. The zero-order chi connectivity index (χ0) is 24.7. The highest BCUT2D eigenvalue weighted by Crippen LogP contribution is 2.28. The largest absolute Gasteiger partial charge is 0.456 e. The van der Waals surface area contributed by atoms with Crippen LogP contribution in [-0.2, 0) is 33.7 Å². The molecule has 0 spiro atoms. The van der Waals surface area contributed by atoms with Crippen molar-refractivity contribution < 1.29 is 27.9 Å². The first kappa shape index (κ1) is 24.6. The minimum Gasteiger partial charge on any atom is -0.456 e. The molecule has 178 valence electrons. The van der Waals surface area contributed by atoms with Crippen molar-refractivity contribution in [2.24, 2.45) is 14.1 Å². The second-order valence-electron chi connectivity index (χ2n) is 7.43. The number of ether oxygens (including phenoxy) is 1. The molecule has 3 N–H and O–H groups in total. The number of hydrogen-bond donors (Lipinski definition) is 2. The van der Waals surface area contributed by atoms with Gasteiger partial charge in [-0.15, -0.1) is 0 Å². The number of aliphatic hydroxyl groups excluding tert-OH is 1. The van der Waals surface area contributed by atoms with Gasteiger partial charge in [0, 0.05) is 32.1 Å². The number of nitrogens with zero attached hydrogens (tertiary/aromatic N) is 3. The molecule has 1 aromatic carbocycles. The standard InChI is InChI=1S/C19H21ClN4O8S/c1-22-16(21)15(17(27)23(2)19(22)29)14(26)9-32-18(28)13-7-11(25)8-24(13)33(30,31)12-5-3-10(20)4-6-12/h3-6,11,13,25H,7-9,21H2,1-2H3/t11-,13-/m0/s1. The summed E-state index contributed by atoms with van der Waals surface area (Å²) in [5.74, 6) is -2.45. The van der Waals surface area contributed by atoms with Crippen LogP contribution in [0.3, 0.4) is 0 Å². The molecule has 14 heteroatoms. The first-order valence-corrected chi connectivity index (χ1v) is 11.4. The summed E-state index contributed by atoms with van der Waals surface area (Å²) in [7, 11) is -1.76. The van der Waals surface area contributed by atoms with E-state index in [1.54, 1.807) is 0 Å². The molecule has 0 amide bonds. The van der Waals surface area contributed by atoms with Crippen LogP contribution < -0.4 is 17.0 Å². The van der Waals surface area contributed by atoms with Crippen molar-refractivity contribution in [3.63, 3.8) is 0 Å². The normalized spacial score (nSPS) is 18.9. The maximum absolute atomic E-state index is 13.0. The number of rotatable bonds is 6. The van der Waals surface area contributed by atoms with Gasteiger partial charge in [0.2, 0.25) is 15.8 Å². The molecule has 0 radical (unpaired) electrons. The van der Waals surface area contributed by atoms with Gasteiger partial charge in [0.15, 0.2) is 6.61 Å². The molecule has 0 unspecified atom stereocenters. The molecule has 2 heterocycles. The number of benzene rings is 1. The summed E-state index contributed by atoms with van der Waals surface area (Å²) in [6.45, 7) is -1.27. The van der Waals surface area contributed by atoms with E-state index in [4.69, 9.17) is 22.1 Å². The summed E-state index contributed by atoms with van der Waals surface area (Å²) < 4.78 is 33.3. The van der Waals surface area contributed by atoms with Crippen LogP contribution in [-0.4, -0.2) is 64.0 Å². The Balaban J connectivity index is 1.81. The summed E-state index contributed by atoms with van der Waals surface area (Å²) >= 11 is 5.79. The van der Waals surface area contributed by atoms with Crippen LogP contribution in [0.1, 0.15) is 16.8 Å². The second-order valence-corrected chi connectivity index (χ2v) is 9.76. The van der Waals surface area contributed by atoms with Crippen LogP contribution in [0, 0.1) is 0 Å². The van der Waals surface area contributed by atoms with Crippen molar-refractivity contribution in [1.29, 1.82) is 0 Å². The zero-order valence-corrected chi connectivity index (χ0v) is 19.2. The number of hydrogen-bond acceptors (Lipinski definition) is 9. The number of nitrogen functional groups attached to an aromatic ring is 1. The van der Waals surface area contributed by atoms with Crippen LogP contribution in [0.25, 0.3) is 0 Å². The minimum absolute atomic E-state index is 0.142. The number of aromatic nitrogens is 2. The smallest absolute Gasteiger partial charge is 0.332 e. The zero-order valence-electron chi connectivity index (χ0n) is 17.6. The van der Waals surface area contributed by atoms with E-state index in [0.29, 0.717) is 9.59 Å². The fourth-order valence-electron chi connectivity index (χ4n) is 3.43. The van der Waals surface area contributed by atoms with Gasteiger partial charge in [0.05, 0.1) is 11.0 Å². The Labute approximate surface area is 192 Å². The topological polar surface area (TPSA) is 171 Å². The highest BCUT2D eigenvalue weighted by Gasteiger charge is 2.44. The Bertz CT molecular complexity index is 1330. The first-order chi connectivity index (χ1) is 15.4. The van der Waals surface area contributed by atoms with E-state index in [0.717, 1.165) is 15.9 Å². The van der Waals surface area contributed by atoms with E-state index >= 15 is 0 Å². The van der Waals surface area contributed by atoms with Gasteiger partial charge in [-0.25, -0.2) is 13.2 Å². The van der Waals surface area contributed by atoms with Crippen molar-refractivity contribution >= 4 is 39.2 Å². The average Bonchev–Trinajstić information content (AvgIpc) is 3.18. The number of ketones is 1. The third kappa shape index (κ3) is 4.57. The van der Waals surface area contributed by atoms with Crippen LogP contribution in [0.2, 0.25) is 5.02 Å². The molecule has 2 atom stereocenters. The summed E-state index contributed by atoms with van der Waals surface area (Å²) in [6.07, 6.45) is -1.38. The number of halogens is 1. The Morgan fingerprint density at radius 1 is 1.18 bits per heavy atom. The quantitative estimate of drug-likeness (QED) is 0.367. The molecule has 3 rings (SSSR count). The molecule has 0 bridgehead atoms. The van der Waals surface area contributed by atoms with Crippen LogP contribution in [0.15, 0.2) is 38.8 Å². The summed E-state index contributed by atoms with van der Waals surface area (Å²) in [6, 6.07) is 3.85. The summed E-state index contributed by atoms with van der Waals surface area (Å²) in [5, 5.41) is 10.3. The van der Waals surface area contributed by atoms with Crippen molar-refractivity contribution in [2.75, 3.05) is 18.9 Å². The third-order valence-corrected chi connectivity index (χ3v) is 7.40. The average molecular weight is 501 g/mol. The molecule has 33 heavy (non-hydrogen) atoms. The number of β-amino-alcohol motifs (C(OH)–C–C–N with tert-alkyl or cyclic N) is 1. The van der Waals surface area contributed by atoms with E-state index in [9.17, 15) is 32.7 Å². The van der Waals surface area contributed by atoms with Crippen LogP contribution >= 0.6 is 11.6 Å². The number of anilines is 1. The molecular weight excluding hydrogens is 480 g/mol. The predicted molar refractivity (Wildman–Crippen MR) is 116 cm³/mol. The van der Waals surface area contributed by atoms with Crippen molar-refractivity contribution in [1.82, 2.24) is 13.4 Å². The highest BCUT2D eigenvalue weighted by molar-refractivity contribution is 7.89. The highest BCUT2D eigenvalue weighted by atomic mass is 35.5. The second kappa shape index (κ2) is 9.09. The maximum Gasteiger partial charge on any atom is 0.332 e. The van der Waals surface area contributed by atoms with E-state index < -0.39 is 63.2 Å². The van der Waals surface area contributed by atoms with Crippen molar-refractivity contribution in [3.05, 3.63) is 55.7 Å². The fraction of sp³-hybridized carbons (Fsp3) is 0.368. The number of carbonyl (C=O) groups excluding carboxylic acids is 2. The van der Waals surface area contributed by atoms with Gasteiger partial charge < -0.3 is 15.6 Å². The number of esters is 1. The number of aliphatic hydroxyl groups is 1. The lowest BCUT2D eigenvalue weighted by Crippen LogP contribution is -2.43. The van der Waals surface area contributed by atoms with Gasteiger partial charge in [-0.1, -0.05) is 11.6 Å². The third-order valence-electron chi connectivity index (χ3n) is 5.26. The molecule has 1 saturated heterocycles. The lowest BCUT2D eigenvalue weighted by atomic mass is 10.2. The monoisotopic (exact) mass is 500 g/mol. The van der Waals surface area contributed by atoms with Gasteiger partial charge >= 0.3 is 11.7 Å². The van der Waals surface area contributed by atoms with E-state index in [1.807, 2.05) is 0 Å². The maximum atomic E-state index is 13.0. The SMILES string of the molecule is Cn1c(N)c(C(=O)COC(=O)[C@@H]2C[C@H](O)CN2S(=O)(=O)c2ccc(Cl)cc2)c(=O)n(C)c1=O. The molecule has 1 fully saturated rings. The molecule has 1 aromatic heterocycles. The molecule has 0 saturated carbocycles. The van der Waals surface area contributed by atoms with E-state index in [-0.39, 0.29) is 17.9 Å². The lowest BCUT2D eigenvalue weighted by Gasteiger charge is -2.22. The Hall–Kier alpha value is -3.00. The first-order valence-electron chi connectivity index (χ1n) is 9.57. The molecule has 1 aliphatic rings. The number of carbonyl (C=O) groups is 2. The van der Waals surface area contributed by atoms with Crippen LogP contribution in [0.5, 0.6) is 0 Å². The van der Waals surface area contributed by atoms with Crippen molar-refractivity contribution in [2.45, 2.75) is 23.5 Å². The van der Waals surface area contributed by atoms with E-state index in [1.165, 1.54) is 31.3 Å². The molecular formula is C19H21ClN4O8S. The number of nitrogens with two attached hydrogens (primary N) is 1. The summed E-state index contributed by atoms with van der Waals surface area (Å²) in [5.41, 5.74) is 3.48. The predicted octanol–water partition coefficient (Wildman–Crippen LogP) is -1.13. The van der Waals surface area contributed by atoms with Gasteiger partial charge in [-0.3, -0.25) is 23.5 Å². The van der Waals surface area contributed by atoms with Crippen LogP contribution in [0.4, 0.5) is 5.82 Å². The number of Topliss-reactive ketones (excluding diaryl/α,β-unsaturated/α-hetero) is 1. The Morgan fingerprint density at radius 3 is 2.39 bits per heavy atom. The molecule has 2 aromatic rings. The molecule has 1 aliphatic heterocycles.